The summed E-state index contributed by atoms with van der Waals surface area (Å²) in [5.41, 5.74) is 11.9. The molecule has 0 radical (unpaired) electrons. The summed E-state index contributed by atoms with van der Waals surface area (Å²) in [6.07, 6.45) is -0.482. The molecule has 1 unspecified atom stereocenters. The molecule has 0 spiro atoms. The molecule has 1 saturated heterocycles. The number of aliphatic hydroxyl groups is 2. The first-order valence-corrected chi connectivity index (χ1v) is 8.71. The van der Waals surface area contributed by atoms with Crippen molar-refractivity contribution in [3.05, 3.63) is 23.8 Å². The highest BCUT2D eigenvalue weighted by Crippen LogP contribution is 2.35. The first-order valence-electron chi connectivity index (χ1n) is 7.66. The number of thioether (sulfide) groups is 1. The van der Waals surface area contributed by atoms with E-state index in [-0.39, 0.29) is 18.0 Å². The fraction of sp³-hybridized carbons (Fsp3) is 0.429. The van der Waals surface area contributed by atoms with E-state index in [1.54, 1.807) is 0 Å². The number of imidazole rings is 1. The van der Waals surface area contributed by atoms with Crippen LogP contribution < -0.4 is 11.5 Å². The number of aliphatic carboxylic acids is 1. The van der Waals surface area contributed by atoms with Crippen molar-refractivity contribution in [3.8, 4) is 0 Å². The van der Waals surface area contributed by atoms with E-state index in [0.29, 0.717) is 16.9 Å². The van der Waals surface area contributed by atoms with Gasteiger partial charge < -0.3 is 31.5 Å². The van der Waals surface area contributed by atoms with E-state index in [0.717, 1.165) is 0 Å². The van der Waals surface area contributed by atoms with Gasteiger partial charge in [0.25, 0.3) is 0 Å². The zero-order chi connectivity index (χ0) is 18.8. The maximum Gasteiger partial charge on any atom is 0.320 e. The van der Waals surface area contributed by atoms with Crippen molar-refractivity contribution >= 4 is 34.7 Å². The molecule has 3 rings (SSSR count). The normalized spacial score (nSPS) is 25.5. The Hall–Kier alpha value is -2.41. The number of fused-ring (bicyclic) bond motifs is 1. The summed E-state index contributed by atoms with van der Waals surface area (Å²) in [6.45, 7) is 0. The minimum atomic E-state index is -1.24. The standard InChI is InChI=1S/C14H18N6O5S/c15-6(14(23)24)1-2-26-3-7-9(21)10(22)13(25-7)20-5-19-8-11(16)17-4-18-12(8)20/h3-6,9-10,13,21-22H,1-2,15H2,(H,23,24)(H2,16,17,18)/b7-3+/t6-,9+,10+,13?/m0/s1. The zero-order valence-corrected chi connectivity index (χ0v) is 14.3. The molecule has 2 aromatic rings. The first kappa shape index (κ1) is 18.4. The largest absolute Gasteiger partial charge is 0.480 e. The Morgan fingerprint density at radius 3 is 2.92 bits per heavy atom. The molecule has 1 aliphatic rings. The molecule has 3 heterocycles. The summed E-state index contributed by atoms with van der Waals surface area (Å²) < 4.78 is 7.11. The van der Waals surface area contributed by atoms with Gasteiger partial charge in [0.1, 0.15) is 42.2 Å². The molecule has 1 aliphatic heterocycles. The van der Waals surface area contributed by atoms with Gasteiger partial charge in [0.15, 0.2) is 11.5 Å². The van der Waals surface area contributed by atoms with Crippen molar-refractivity contribution in [1.82, 2.24) is 19.5 Å². The van der Waals surface area contributed by atoms with Gasteiger partial charge in [-0.1, -0.05) is 0 Å². The van der Waals surface area contributed by atoms with Crippen molar-refractivity contribution < 1.29 is 24.9 Å². The molecule has 0 aromatic carbocycles. The predicted octanol–water partition coefficient (Wildman–Crippen LogP) is -0.964. The van der Waals surface area contributed by atoms with Crippen LogP contribution in [0.4, 0.5) is 5.82 Å². The number of rotatable bonds is 6. The Kier molecular flexibility index (Phi) is 5.27. The molecule has 11 nitrogen and oxygen atoms in total. The predicted molar refractivity (Wildman–Crippen MR) is 92.6 cm³/mol. The van der Waals surface area contributed by atoms with Gasteiger partial charge in [-0.3, -0.25) is 9.36 Å². The van der Waals surface area contributed by atoms with Gasteiger partial charge in [-0.25, -0.2) is 15.0 Å². The van der Waals surface area contributed by atoms with E-state index < -0.39 is 30.4 Å². The maximum absolute atomic E-state index is 10.7. The third-order valence-electron chi connectivity index (χ3n) is 3.89. The quantitative estimate of drug-likeness (QED) is 0.388. The number of aliphatic hydroxyl groups excluding tert-OH is 2. The van der Waals surface area contributed by atoms with Crippen LogP contribution in [0.1, 0.15) is 12.6 Å². The van der Waals surface area contributed by atoms with E-state index in [4.69, 9.17) is 21.3 Å². The highest BCUT2D eigenvalue weighted by molar-refractivity contribution is 8.02. The number of carboxylic acid groups (broad SMARTS) is 1. The molecule has 0 bridgehead atoms. The molecule has 140 valence electrons. The van der Waals surface area contributed by atoms with Crippen LogP contribution >= 0.6 is 11.8 Å². The number of aromatic nitrogens is 4. The lowest BCUT2D eigenvalue weighted by molar-refractivity contribution is -0.138. The molecule has 26 heavy (non-hydrogen) atoms. The van der Waals surface area contributed by atoms with Crippen molar-refractivity contribution in [2.24, 2.45) is 5.73 Å². The van der Waals surface area contributed by atoms with Crippen LogP contribution in [0.2, 0.25) is 0 Å². The Labute approximate surface area is 151 Å². The number of hydrogen-bond acceptors (Lipinski definition) is 10. The summed E-state index contributed by atoms with van der Waals surface area (Å²) in [6, 6.07) is -0.948. The van der Waals surface area contributed by atoms with Crippen LogP contribution in [0.3, 0.4) is 0 Å². The summed E-state index contributed by atoms with van der Waals surface area (Å²) >= 11 is 1.24. The number of nitrogen functional groups attached to an aromatic ring is 1. The molecule has 4 atom stereocenters. The molecule has 2 aromatic heterocycles. The fourth-order valence-corrected chi connectivity index (χ4v) is 3.30. The smallest absolute Gasteiger partial charge is 0.320 e. The number of carbonyl (C=O) groups is 1. The zero-order valence-electron chi connectivity index (χ0n) is 13.5. The number of carboxylic acids is 1. The second kappa shape index (κ2) is 7.45. The highest BCUT2D eigenvalue weighted by Gasteiger charge is 2.41. The Bertz CT molecular complexity index is 842. The molecule has 12 heteroatoms. The lowest BCUT2D eigenvalue weighted by Gasteiger charge is -2.15. The second-order valence-corrected chi connectivity index (χ2v) is 6.63. The molecule has 0 saturated carbocycles. The van der Waals surface area contributed by atoms with Crippen molar-refractivity contribution in [2.45, 2.75) is 30.9 Å². The maximum atomic E-state index is 10.7. The molecular weight excluding hydrogens is 364 g/mol. The minimum Gasteiger partial charge on any atom is -0.480 e. The highest BCUT2D eigenvalue weighted by atomic mass is 32.2. The Balaban J connectivity index is 1.72. The first-order chi connectivity index (χ1) is 12.4. The van der Waals surface area contributed by atoms with Gasteiger partial charge >= 0.3 is 5.97 Å². The second-order valence-electron chi connectivity index (χ2n) is 5.65. The molecule has 7 N–H and O–H groups in total. The lowest BCUT2D eigenvalue weighted by atomic mass is 10.2. The van der Waals surface area contributed by atoms with E-state index in [1.165, 1.54) is 34.4 Å². The lowest BCUT2D eigenvalue weighted by Crippen LogP contribution is -2.30. The number of hydrogen-bond donors (Lipinski definition) is 5. The van der Waals surface area contributed by atoms with Gasteiger partial charge in [0.05, 0.1) is 0 Å². The third kappa shape index (κ3) is 3.44. The summed E-state index contributed by atoms with van der Waals surface area (Å²) in [7, 11) is 0. The van der Waals surface area contributed by atoms with Gasteiger partial charge in [-0.2, -0.15) is 0 Å². The number of ether oxygens (including phenoxy) is 1. The average Bonchev–Trinajstić information content (AvgIpc) is 3.15. The third-order valence-corrected chi connectivity index (χ3v) is 4.76. The van der Waals surface area contributed by atoms with Crippen molar-refractivity contribution in [2.75, 3.05) is 11.5 Å². The SMILES string of the molecule is Nc1ncnc2c1ncn2C1O/C(=C/SCC[C@H](N)C(=O)O)[C@@H](O)[C@H]1O. The number of anilines is 1. The molecule has 0 aliphatic carbocycles. The van der Waals surface area contributed by atoms with Crippen LogP contribution in [0.15, 0.2) is 23.8 Å². The van der Waals surface area contributed by atoms with E-state index in [9.17, 15) is 15.0 Å². The van der Waals surface area contributed by atoms with Gasteiger partial charge in [0, 0.05) is 5.41 Å². The van der Waals surface area contributed by atoms with Crippen molar-refractivity contribution in [1.29, 1.82) is 0 Å². The van der Waals surface area contributed by atoms with Crippen LogP contribution in [0.25, 0.3) is 11.2 Å². The topological polar surface area (TPSA) is 183 Å². The molecule has 0 amide bonds. The van der Waals surface area contributed by atoms with Crippen LogP contribution in [-0.2, 0) is 9.53 Å². The molecular formula is C14H18N6O5S. The van der Waals surface area contributed by atoms with Crippen LogP contribution in [-0.4, -0.2) is 64.8 Å². The van der Waals surface area contributed by atoms with Gasteiger partial charge in [0.2, 0.25) is 6.23 Å². The van der Waals surface area contributed by atoms with E-state index >= 15 is 0 Å². The minimum absolute atomic E-state index is 0.167. The summed E-state index contributed by atoms with van der Waals surface area (Å²) in [5, 5.41) is 30.8. The van der Waals surface area contributed by atoms with Crippen molar-refractivity contribution in [3.63, 3.8) is 0 Å². The van der Waals surface area contributed by atoms with E-state index in [1.807, 2.05) is 0 Å². The number of nitrogens with two attached hydrogens (primary N) is 2. The van der Waals surface area contributed by atoms with Crippen LogP contribution in [0.5, 0.6) is 0 Å². The van der Waals surface area contributed by atoms with Gasteiger partial charge in [-0.05, 0) is 12.2 Å². The van der Waals surface area contributed by atoms with Crippen LogP contribution in [0, 0.1) is 0 Å². The van der Waals surface area contributed by atoms with E-state index in [2.05, 4.69) is 15.0 Å². The summed E-state index contributed by atoms with van der Waals surface area (Å²) in [4.78, 5) is 22.7. The average molecular weight is 382 g/mol. The number of nitrogens with zero attached hydrogens (tertiary/aromatic N) is 4. The fourth-order valence-electron chi connectivity index (χ4n) is 2.44. The molecule has 1 fully saturated rings. The van der Waals surface area contributed by atoms with Gasteiger partial charge in [-0.15, -0.1) is 11.8 Å². The Morgan fingerprint density at radius 1 is 1.42 bits per heavy atom. The Morgan fingerprint density at radius 2 is 2.19 bits per heavy atom. The monoisotopic (exact) mass is 382 g/mol. The summed E-state index contributed by atoms with van der Waals surface area (Å²) in [5.74, 6) is -0.284.